The lowest BCUT2D eigenvalue weighted by molar-refractivity contribution is -0.146. The quantitative estimate of drug-likeness (QED) is 0.230. The minimum absolute atomic E-state index is 0.00256. The van der Waals surface area contributed by atoms with Gasteiger partial charge in [0, 0.05) is 24.8 Å². The Morgan fingerprint density at radius 1 is 0.929 bits per heavy atom. The molecule has 11 heteroatoms. The second kappa shape index (κ2) is 12.6. The summed E-state index contributed by atoms with van der Waals surface area (Å²) < 4.78 is 60.9. The molecule has 2 heterocycles. The highest BCUT2D eigenvalue weighted by molar-refractivity contribution is 5.97. The number of H-pyrrole nitrogens is 1. The molecule has 42 heavy (non-hydrogen) atoms. The number of amides is 2. The number of nitrogens with one attached hydrogen (secondary N) is 1. The van der Waals surface area contributed by atoms with Gasteiger partial charge in [0.15, 0.2) is 0 Å². The number of ether oxygens (including phenoxy) is 1. The van der Waals surface area contributed by atoms with Crippen LogP contribution in [0.25, 0.3) is 11.0 Å². The normalized spacial score (nSPS) is 17.1. The first kappa shape index (κ1) is 29.1. The van der Waals surface area contributed by atoms with E-state index in [1.54, 1.807) is 30.3 Å². The fourth-order valence-electron chi connectivity index (χ4n) is 5.47. The maximum absolute atomic E-state index is 14.0. The van der Waals surface area contributed by atoms with E-state index in [-0.39, 0.29) is 25.3 Å². The number of nitrogens with zero attached hydrogens (tertiary/aromatic N) is 3. The number of alkyl halides is 3. The van der Waals surface area contributed by atoms with Crippen molar-refractivity contribution in [2.24, 2.45) is 0 Å². The van der Waals surface area contributed by atoms with Gasteiger partial charge in [0.25, 0.3) is 5.91 Å². The molecule has 1 fully saturated rings. The summed E-state index contributed by atoms with van der Waals surface area (Å²) in [5.41, 5.74) is 2.30. The number of fused-ring (bicyclic) bond motifs is 1. The van der Waals surface area contributed by atoms with E-state index in [0.717, 1.165) is 10.5 Å². The third-order valence-electron chi connectivity index (χ3n) is 7.41. The van der Waals surface area contributed by atoms with Crippen LogP contribution in [0.4, 0.5) is 22.4 Å². The van der Waals surface area contributed by atoms with Crippen molar-refractivity contribution < 1.29 is 31.9 Å². The zero-order chi connectivity index (χ0) is 29.7. The molecular weight excluding hydrogens is 552 g/mol. The smallest absolute Gasteiger partial charge is 0.410 e. The number of rotatable bonds is 8. The van der Waals surface area contributed by atoms with Crippen molar-refractivity contribution in [1.82, 2.24) is 19.8 Å². The van der Waals surface area contributed by atoms with Gasteiger partial charge in [0.05, 0.1) is 11.0 Å². The second-order valence-corrected chi connectivity index (χ2v) is 10.4. The lowest BCUT2D eigenvalue weighted by Crippen LogP contribution is -2.51. The Kier molecular flexibility index (Phi) is 8.75. The average Bonchev–Trinajstić information content (AvgIpc) is 3.42. The monoisotopic (exact) mass is 582 g/mol. The zero-order valence-electron chi connectivity index (χ0n) is 22.7. The molecular formula is C31H30F4N4O3. The molecule has 1 aliphatic carbocycles. The van der Waals surface area contributed by atoms with E-state index in [1.807, 2.05) is 18.2 Å². The van der Waals surface area contributed by atoms with E-state index in [4.69, 9.17) is 4.74 Å². The summed E-state index contributed by atoms with van der Waals surface area (Å²) >= 11 is 0. The summed E-state index contributed by atoms with van der Waals surface area (Å²) in [6, 6.07) is 18.3. The van der Waals surface area contributed by atoms with E-state index in [1.165, 1.54) is 35.4 Å². The van der Waals surface area contributed by atoms with Gasteiger partial charge in [-0.1, -0.05) is 42.5 Å². The van der Waals surface area contributed by atoms with Crippen molar-refractivity contribution in [2.75, 3.05) is 6.54 Å². The topological polar surface area (TPSA) is 78.5 Å². The highest BCUT2D eigenvalue weighted by Crippen LogP contribution is 2.32. The van der Waals surface area contributed by atoms with Crippen LogP contribution in [0.1, 0.15) is 47.3 Å². The van der Waals surface area contributed by atoms with Crippen molar-refractivity contribution in [2.45, 2.75) is 57.1 Å². The van der Waals surface area contributed by atoms with Crippen LogP contribution in [0.3, 0.4) is 0 Å². The fraction of sp³-hybridized carbons (Fsp3) is 0.323. The molecule has 220 valence electrons. The molecule has 7 nitrogen and oxygen atoms in total. The van der Waals surface area contributed by atoms with Crippen LogP contribution in [0.5, 0.6) is 0 Å². The van der Waals surface area contributed by atoms with E-state index in [0.29, 0.717) is 35.9 Å². The van der Waals surface area contributed by atoms with Crippen LogP contribution in [0.2, 0.25) is 0 Å². The standard InChI is InChI=1S/C31H30F4N4O3/c32-23-10-4-9-22(15-23)18-38(30(41)42-19-21-7-2-1-3-8-21)24-11-5-12-25(16-24)39(20-31(33,34)35)29(40)28-17-27-26(37-28)13-6-14-36-27/h1-4,6-10,13-15,17,24-25,37H,5,11-12,16,18-20H2/t24-,25+/m1/s1. The van der Waals surface area contributed by atoms with Gasteiger partial charge in [-0.3, -0.25) is 9.78 Å². The first-order chi connectivity index (χ1) is 20.2. The molecule has 5 rings (SSSR count). The van der Waals surface area contributed by atoms with Crippen LogP contribution in [0.15, 0.2) is 79.0 Å². The average molecular weight is 583 g/mol. The van der Waals surface area contributed by atoms with Gasteiger partial charge in [0.2, 0.25) is 0 Å². The van der Waals surface area contributed by atoms with E-state index in [2.05, 4.69) is 9.97 Å². The number of pyridine rings is 1. The predicted octanol–water partition coefficient (Wildman–Crippen LogP) is 6.86. The Morgan fingerprint density at radius 2 is 1.67 bits per heavy atom. The lowest BCUT2D eigenvalue weighted by Gasteiger charge is -2.41. The Hall–Kier alpha value is -4.41. The highest BCUT2D eigenvalue weighted by Gasteiger charge is 2.41. The summed E-state index contributed by atoms with van der Waals surface area (Å²) in [5.74, 6) is -1.26. The number of carbonyl (C=O) groups excluding carboxylic acids is 2. The Balaban J connectivity index is 1.39. The summed E-state index contributed by atoms with van der Waals surface area (Å²) in [6.45, 7) is -1.43. The molecule has 0 unspecified atom stereocenters. The molecule has 0 aliphatic heterocycles. The minimum Gasteiger partial charge on any atom is -0.445 e. The first-order valence-electron chi connectivity index (χ1n) is 13.7. The number of aromatic amines is 1. The highest BCUT2D eigenvalue weighted by atomic mass is 19.4. The van der Waals surface area contributed by atoms with Crippen molar-refractivity contribution in [3.8, 4) is 0 Å². The summed E-state index contributed by atoms with van der Waals surface area (Å²) in [7, 11) is 0. The van der Waals surface area contributed by atoms with Gasteiger partial charge >= 0.3 is 12.3 Å². The molecule has 2 aromatic carbocycles. The number of carbonyl (C=O) groups is 2. The van der Waals surface area contributed by atoms with Crippen molar-refractivity contribution in [3.63, 3.8) is 0 Å². The zero-order valence-corrected chi connectivity index (χ0v) is 22.7. The second-order valence-electron chi connectivity index (χ2n) is 10.4. The van der Waals surface area contributed by atoms with Crippen molar-refractivity contribution in [3.05, 3.63) is 102 Å². The molecule has 1 aliphatic rings. The molecule has 2 aromatic heterocycles. The Bertz CT molecular complexity index is 1490. The molecule has 1 N–H and O–H groups in total. The maximum atomic E-state index is 14.0. The van der Waals surface area contributed by atoms with Crippen LogP contribution in [0, 0.1) is 5.82 Å². The molecule has 0 bridgehead atoms. The van der Waals surface area contributed by atoms with E-state index in [9.17, 15) is 27.2 Å². The molecule has 1 saturated carbocycles. The van der Waals surface area contributed by atoms with E-state index < -0.39 is 42.6 Å². The maximum Gasteiger partial charge on any atom is 0.410 e. The summed E-state index contributed by atoms with van der Waals surface area (Å²) in [5, 5.41) is 0. The van der Waals surface area contributed by atoms with Gasteiger partial charge in [-0.2, -0.15) is 13.2 Å². The molecule has 0 radical (unpaired) electrons. The molecule has 4 aromatic rings. The third-order valence-corrected chi connectivity index (χ3v) is 7.41. The van der Waals surface area contributed by atoms with Gasteiger partial charge in [-0.15, -0.1) is 0 Å². The Morgan fingerprint density at radius 3 is 2.38 bits per heavy atom. The van der Waals surface area contributed by atoms with Gasteiger partial charge in [0.1, 0.15) is 24.7 Å². The van der Waals surface area contributed by atoms with Crippen molar-refractivity contribution >= 4 is 23.0 Å². The van der Waals surface area contributed by atoms with Crippen LogP contribution < -0.4 is 0 Å². The molecule has 2 atom stereocenters. The van der Waals surface area contributed by atoms with Gasteiger partial charge in [-0.25, -0.2) is 9.18 Å². The van der Waals surface area contributed by atoms with Crippen LogP contribution in [-0.2, 0) is 17.9 Å². The first-order valence-corrected chi connectivity index (χ1v) is 13.7. The van der Waals surface area contributed by atoms with Crippen LogP contribution >= 0.6 is 0 Å². The molecule has 2 amide bonds. The molecule has 0 spiro atoms. The number of hydrogen-bond donors (Lipinski definition) is 1. The minimum atomic E-state index is -4.64. The largest absolute Gasteiger partial charge is 0.445 e. The van der Waals surface area contributed by atoms with Crippen LogP contribution in [-0.4, -0.2) is 56.6 Å². The van der Waals surface area contributed by atoms with E-state index >= 15 is 0 Å². The SMILES string of the molecule is O=C(OCc1ccccc1)N(Cc1cccc(F)c1)[C@@H]1CCC[C@H](N(CC(F)(F)F)C(=O)c2cc3ncccc3[nH]2)C1. The van der Waals surface area contributed by atoms with Gasteiger partial charge in [-0.05, 0) is 67.1 Å². The summed E-state index contributed by atoms with van der Waals surface area (Å²) in [4.78, 5) is 36.2. The lowest BCUT2D eigenvalue weighted by atomic mass is 9.88. The fourth-order valence-corrected chi connectivity index (χ4v) is 5.47. The number of benzene rings is 2. The van der Waals surface area contributed by atoms with Gasteiger partial charge < -0.3 is 19.5 Å². The number of hydrogen-bond acceptors (Lipinski definition) is 4. The molecule has 0 saturated heterocycles. The summed E-state index contributed by atoms with van der Waals surface area (Å²) in [6.07, 6.45) is -2.34. The number of halogens is 4. The number of aromatic nitrogens is 2. The third kappa shape index (κ3) is 7.26. The Labute approximate surface area is 240 Å². The predicted molar refractivity (Wildman–Crippen MR) is 148 cm³/mol. The van der Waals surface area contributed by atoms with Crippen molar-refractivity contribution in [1.29, 1.82) is 0 Å².